The van der Waals surface area contributed by atoms with E-state index >= 15 is 0 Å². The molecule has 0 aliphatic carbocycles. The fraction of sp³-hybridized carbons (Fsp3) is 0.636. The lowest BCUT2D eigenvalue weighted by Crippen LogP contribution is -2.44. The summed E-state index contributed by atoms with van der Waals surface area (Å²) < 4.78 is 1.62. The Morgan fingerprint density at radius 3 is 2.82 bits per heavy atom. The summed E-state index contributed by atoms with van der Waals surface area (Å²) in [6, 6.07) is -0.165. The predicted octanol–water partition coefficient (Wildman–Crippen LogP) is -0.867. The third-order valence-corrected chi connectivity index (χ3v) is 3.21. The number of β-amino-alcohol motifs (C(OH)–C–C–N with tert-alkyl or cyclic N) is 1. The molecule has 6 heteroatoms. The number of amides is 1. The summed E-state index contributed by atoms with van der Waals surface area (Å²) in [4.78, 5) is 13.8. The predicted molar refractivity (Wildman–Crippen MR) is 62.7 cm³/mol. The van der Waals surface area contributed by atoms with Gasteiger partial charge in [0.05, 0.1) is 23.4 Å². The van der Waals surface area contributed by atoms with E-state index in [2.05, 4.69) is 10.4 Å². The summed E-state index contributed by atoms with van der Waals surface area (Å²) in [6.45, 7) is 2.97. The number of aliphatic hydroxyl groups is 1. The molecule has 1 aromatic rings. The maximum absolute atomic E-state index is 12.2. The number of carbonyl (C=O) groups excluding carboxylic acids is 1. The van der Waals surface area contributed by atoms with Crippen LogP contribution in [0.2, 0.25) is 0 Å². The third kappa shape index (κ3) is 2.18. The van der Waals surface area contributed by atoms with E-state index in [4.69, 9.17) is 0 Å². The molecule has 1 amide bonds. The zero-order chi connectivity index (χ0) is 12.6. The molecule has 0 saturated carbocycles. The highest BCUT2D eigenvalue weighted by molar-refractivity contribution is 5.95. The average Bonchev–Trinajstić information content (AvgIpc) is 2.82. The van der Waals surface area contributed by atoms with Gasteiger partial charge in [0.25, 0.3) is 5.91 Å². The lowest BCUT2D eigenvalue weighted by molar-refractivity contribution is 0.0580. The van der Waals surface area contributed by atoms with Gasteiger partial charge >= 0.3 is 0 Å². The van der Waals surface area contributed by atoms with Crippen molar-refractivity contribution in [2.45, 2.75) is 19.1 Å². The maximum atomic E-state index is 12.2. The number of nitrogens with one attached hydrogen (secondary N) is 1. The van der Waals surface area contributed by atoms with Gasteiger partial charge in [0.15, 0.2) is 0 Å². The fourth-order valence-corrected chi connectivity index (χ4v) is 2.20. The fourth-order valence-electron chi connectivity index (χ4n) is 2.20. The van der Waals surface area contributed by atoms with Crippen LogP contribution in [0.15, 0.2) is 6.20 Å². The SMILES string of the molecule is Cc1nn(C)cc1C(=O)N(C)[C@H]1CNC[C@@H]1O. The summed E-state index contributed by atoms with van der Waals surface area (Å²) in [5.41, 5.74) is 1.30. The van der Waals surface area contributed by atoms with Crippen molar-refractivity contribution in [3.63, 3.8) is 0 Å². The lowest BCUT2D eigenvalue weighted by Gasteiger charge is -2.26. The summed E-state index contributed by atoms with van der Waals surface area (Å²) in [6.07, 6.45) is 1.21. The molecular weight excluding hydrogens is 220 g/mol. The standard InChI is InChI=1S/C11H18N4O2/c1-7-8(6-14(2)13-7)11(17)15(3)9-4-12-5-10(9)16/h6,9-10,12,16H,4-5H2,1-3H3/t9-,10-/m0/s1. The number of hydrogen-bond acceptors (Lipinski definition) is 4. The molecule has 1 aliphatic rings. The van der Waals surface area contributed by atoms with Crippen molar-refractivity contribution in [1.29, 1.82) is 0 Å². The first-order chi connectivity index (χ1) is 8.00. The van der Waals surface area contributed by atoms with Gasteiger partial charge in [0, 0.05) is 33.4 Å². The largest absolute Gasteiger partial charge is 0.390 e. The minimum atomic E-state index is -0.499. The topological polar surface area (TPSA) is 70.4 Å². The molecule has 2 heterocycles. The Labute approximate surface area is 100 Å². The Morgan fingerprint density at radius 1 is 1.65 bits per heavy atom. The number of likely N-dealkylation sites (N-methyl/N-ethyl adjacent to an activating group) is 1. The van der Waals surface area contributed by atoms with Crippen LogP contribution in [0.4, 0.5) is 0 Å². The molecule has 2 rings (SSSR count). The number of hydrogen-bond donors (Lipinski definition) is 2. The average molecular weight is 238 g/mol. The van der Waals surface area contributed by atoms with Crippen LogP contribution in [-0.2, 0) is 7.05 Å². The Hall–Kier alpha value is -1.40. The second kappa shape index (κ2) is 4.46. The summed E-state index contributed by atoms with van der Waals surface area (Å²) >= 11 is 0. The van der Waals surface area contributed by atoms with Crippen molar-refractivity contribution < 1.29 is 9.90 Å². The van der Waals surface area contributed by atoms with E-state index < -0.39 is 6.10 Å². The van der Waals surface area contributed by atoms with E-state index in [1.54, 1.807) is 29.9 Å². The Bertz CT molecular complexity index is 429. The first-order valence-corrected chi connectivity index (χ1v) is 5.67. The number of nitrogens with zero attached hydrogens (tertiary/aromatic N) is 3. The van der Waals surface area contributed by atoms with Crippen LogP contribution in [0, 0.1) is 6.92 Å². The molecule has 1 aromatic heterocycles. The molecule has 0 bridgehead atoms. The van der Waals surface area contributed by atoms with Crippen LogP contribution in [0.5, 0.6) is 0 Å². The molecule has 1 saturated heterocycles. The normalized spacial score (nSPS) is 24.0. The van der Waals surface area contributed by atoms with Gasteiger partial charge in [0.2, 0.25) is 0 Å². The third-order valence-electron chi connectivity index (χ3n) is 3.21. The van der Waals surface area contributed by atoms with Crippen LogP contribution in [0.3, 0.4) is 0 Å². The van der Waals surface area contributed by atoms with Gasteiger partial charge < -0.3 is 15.3 Å². The zero-order valence-corrected chi connectivity index (χ0v) is 10.3. The Balaban J connectivity index is 2.17. The van der Waals surface area contributed by atoms with Crippen molar-refractivity contribution in [2.75, 3.05) is 20.1 Å². The van der Waals surface area contributed by atoms with E-state index in [0.717, 1.165) is 0 Å². The van der Waals surface area contributed by atoms with Crippen LogP contribution in [0.25, 0.3) is 0 Å². The second-order valence-electron chi connectivity index (χ2n) is 4.51. The van der Waals surface area contributed by atoms with Gasteiger partial charge in [-0.3, -0.25) is 9.48 Å². The molecule has 17 heavy (non-hydrogen) atoms. The van der Waals surface area contributed by atoms with Crippen LogP contribution in [0.1, 0.15) is 16.1 Å². The number of rotatable bonds is 2. The van der Waals surface area contributed by atoms with E-state index in [0.29, 0.717) is 24.3 Å². The van der Waals surface area contributed by atoms with E-state index in [1.807, 2.05) is 6.92 Å². The van der Waals surface area contributed by atoms with E-state index in [-0.39, 0.29) is 11.9 Å². The van der Waals surface area contributed by atoms with Crippen LogP contribution >= 0.6 is 0 Å². The van der Waals surface area contributed by atoms with Gasteiger partial charge in [-0.15, -0.1) is 0 Å². The van der Waals surface area contributed by atoms with Crippen molar-refractivity contribution in [3.05, 3.63) is 17.5 Å². The smallest absolute Gasteiger partial charge is 0.257 e. The quantitative estimate of drug-likeness (QED) is 0.703. The highest BCUT2D eigenvalue weighted by Crippen LogP contribution is 2.13. The van der Waals surface area contributed by atoms with Gasteiger partial charge in [-0.25, -0.2) is 0 Å². The zero-order valence-electron chi connectivity index (χ0n) is 10.3. The highest BCUT2D eigenvalue weighted by atomic mass is 16.3. The first kappa shape index (κ1) is 12.1. The number of aromatic nitrogens is 2. The number of aliphatic hydroxyl groups excluding tert-OH is 1. The summed E-state index contributed by atoms with van der Waals surface area (Å²) in [5, 5.41) is 17.0. The Kier molecular flexibility index (Phi) is 3.17. The minimum Gasteiger partial charge on any atom is -0.390 e. The van der Waals surface area contributed by atoms with Gasteiger partial charge in [-0.1, -0.05) is 0 Å². The molecule has 1 fully saturated rings. The number of aryl methyl sites for hydroxylation is 2. The lowest BCUT2D eigenvalue weighted by atomic mass is 10.1. The molecule has 0 spiro atoms. The minimum absolute atomic E-state index is 0.0941. The molecule has 2 N–H and O–H groups in total. The monoisotopic (exact) mass is 238 g/mol. The summed E-state index contributed by atoms with van der Waals surface area (Å²) in [5.74, 6) is -0.0941. The first-order valence-electron chi connectivity index (χ1n) is 5.67. The number of carbonyl (C=O) groups is 1. The second-order valence-corrected chi connectivity index (χ2v) is 4.51. The van der Waals surface area contributed by atoms with Gasteiger partial charge in [-0.05, 0) is 6.92 Å². The molecule has 2 atom stereocenters. The molecular formula is C11H18N4O2. The van der Waals surface area contributed by atoms with Crippen LogP contribution in [-0.4, -0.2) is 58.0 Å². The highest BCUT2D eigenvalue weighted by Gasteiger charge is 2.32. The molecule has 0 unspecified atom stereocenters. The molecule has 6 nitrogen and oxygen atoms in total. The molecule has 0 radical (unpaired) electrons. The maximum Gasteiger partial charge on any atom is 0.257 e. The van der Waals surface area contributed by atoms with Gasteiger partial charge in [0.1, 0.15) is 0 Å². The van der Waals surface area contributed by atoms with Crippen molar-refractivity contribution in [1.82, 2.24) is 20.0 Å². The van der Waals surface area contributed by atoms with E-state index in [9.17, 15) is 9.90 Å². The Morgan fingerprint density at radius 2 is 2.35 bits per heavy atom. The molecule has 0 aromatic carbocycles. The van der Waals surface area contributed by atoms with Crippen LogP contribution < -0.4 is 5.32 Å². The van der Waals surface area contributed by atoms with Crippen molar-refractivity contribution >= 4 is 5.91 Å². The molecule has 94 valence electrons. The molecule has 1 aliphatic heterocycles. The van der Waals surface area contributed by atoms with Gasteiger partial charge in [-0.2, -0.15) is 5.10 Å². The van der Waals surface area contributed by atoms with Crippen molar-refractivity contribution in [2.24, 2.45) is 7.05 Å². The summed E-state index contributed by atoms with van der Waals surface area (Å²) in [7, 11) is 3.51. The van der Waals surface area contributed by atoms with Crippen molar-refractivity contribution in [3.8, 4) is 0 Å². The van der Waals surface area contributed by atoms with E-state index in [1.165, 1.54) is 0 Å².